The van der Waals surface area contributed by atoms with Gasteiger partial charge in [0.05, 0.1) is 21.0 Å². The summed E-state index contributed by atoms with van der Waals surface area (Å²) >= 11 is 0. The molecule has 3 aromatic carbocycles. The van der Waals surface area contributed by atoms with Crippen LogP contribution in [0.5, 0.6) is 11.5 Å². The number of aryl methyl sites for hydroxylation is 2. The average Bonchev–Trinajstić information content (AvgIpc) is 2.91. The summed E-state index contributed by atoms with van der Waals surface area (Å²) in [6.07, 6.45) is 4.33. The third kappa shape index (κ3) is 7.22. The number of unbranched alkanes of at least 4 members (excludes halogenated alkanes) is 2. The minimum atomic E-state index is -0.672. The topological polar surface area (TPSA) is 139 Å². The van der Waals surface area contributed by atoms with Gasteiger partial charge in [0.2, 0.25) is 0 Å². The monoisotopic (exact) mass is 520 g/mol. The molecule has 10 heteroatoms. The molecule has 0 saturated carbocycles. The Kier molecular flexibility index (Phi) is 9.64. The summed E-state index contributed by atoms with van der Waals surface area (Å²) in [7, 11) is 0. The van der Waals surface area contributed by atoms with Crippen LogP contribution in [0.2, 0.25) is 0 Å². The Morgan fingerprint density at radius 1 is 0.658 bits per heavy atom. The van der Waals surface area contributed by atoms with E-state index in [-0.39, 0.29) is 34.0 Å². The fourth-order valence-electron chi connectivity index (χ4n) is 3.74. The maximum Gasteiger partial charge on any atom is 0.343 e. The summed E-state index contributed by atoms with van der Waals surface area (Å²) in [4.78, 5) is 46.7. The normalized spacial score (nSPS) is 10.6. The molecule has 0 spiro atoms. The average molecular weight is 521 g/mol. The lowest BCUT2D eigenvalue weighted by molar-refractivity contribution is -0.385. The molecule has 0 aliphatic rings. The summed E-state index contributed by atoms with van der Waals surface area (Å²) in [5, 5.41) is 22.2. The van der Waals surface area contributed by atoms with E-state index < -0.39 is 21.8 Å². The van der Waals surface area contributed by atoms with Crippen molar-refractivity contribution in [2.45, 2.75) is 52.4 Å². The van der Waals surface area contributed by atoms with E-state index in [0.717, 1.165) is 25.7 Å². The lowest BCUT2D eigenvalue weighted by atomic mass is 10.1. The van der Waals surface area contributed by atoms with Crippen LogP contribution in [0.1, 0.15) is 71.4 Å². The summed E-state index contributed by atoms with van der Waals surface area (Å²) in [5.74, 6) is -0.854. The molecule has 0 unspecified atom stereocenters. The fourth-order valence-corrected chi connectivity index (χ4v) is 3.74. The van der Waals surface area contributed by atoms with Crippen LogP contribution in [0.15, 0.2) is 60.7 Å². The number of non-ortho nitro benzene ring substituents is 2. The first kappa shape index (κ1) is 28.0. The zero-order chi connectivity index (χ0) is 27.7. The Labute approximate surface area is 219 Å². The van der Waals surface area contributed by atoms with Crippen molar-refractivity contribution in [3.8, 4) is 11.5 Å². The van der Waals surface area contributed by atoms with Gasteiger partial charge in [0.25, 0.3) is 11.4 Å². The van der Waals surface area contributed by atoms with Gasteiger partial charge in [-0.15, -0.1) is 0 Å². The van der Waals surface area contributed by atoms with Gasteiger partial charge in [-0.1, -0.05) is 26.7 Å². The van der Waals surface area contributed by atoms with Gasteiger partial charge in [0, 0.05) is 35.4 Å². The van der Waals surface area contributed by atoms with Crippen molar-refractivity contribution in [1.29, 1.82) is 0 Å². The SMILES string of the molecule is CCCCc1cc([N+](=O)[O-])ccc1OC(=O)c1ccc(C(=O)Oc2ccc([N+](=O)[O-])cc2CCCC)cc1. The van der Waals surface area contributed by atoms with Crippen LogP contribution in [0, 0.1) is 20.2 Å². The molecule has 0 radical (unpaired) electrons. The smallest absolute Gasteiger partial charge is 0.343 e. The van der Waals surface area contributed by atoms with E-state index in [1.165, 1.54) is 60.7 Å². The highest BCUT2D eigenvalue weighted by Gasteiger charge is 2.18. The van der Waals surface area contributed by atoms with Crippen LogP contribution >= 0.6 is 0 Å². The van der Waals surface area contributed by atoms with Crippen molar-refractivity contribution >= 4 is 23.3 Å². The maximum atomic E-state index is 12.7. The lowest BCUT2D eigenvalue weighted by Gasteiger charge is -2.11. The fraction of sp³-hybridized carbons (Fsp3) is 0.286. The van der Waals surface area contributed by atoms with Crippen molar-refractivity contribution in [2.75, 3.05) is 0 Å². The molecule has 198 valence electrons. The summed E-state index contributed by atoms with van der Waals surface area (Å²) in [6, 6.07) is 13.9. The first-order valence-corrected chi connectivity index (χ1v) is 12.3. The lowest BCUT2D eigenvalue weighted by Crippen LogP contribution is -2.13. The largest absolute Gasteiger partial charge is 0.423 e. The first-order valence-electron chi connectivity index (χ1n) is 12.3. The van der Waals surface area contributed by atoms with E-state index in [1.54, 1.807) is 0 Å². The van der Waals surface area contributed by atoms with Crippen molar-refractivity contribution in [2.24, 2.45) is 0 Å². The molecule has 0 aromatic heterocycles. The first-order chi connectivity index (χ1) is 18.2. The number of rotatable bonds is 12. The molecule has 0 amide bonds. The Morgan fingerprint density at radius 2 is 1.03 bits per heavy atom. The number of benzene rings is 3. The minimum Gasteiger partial charge on any atom is -0.423 e. The van der Waals surface area contributed by atoms with Gasteiger partial charge in [-0.2, -0.15) is 0 Å². The van der Waals surface area contributed by atoms with Gasteiger partial charge in [0.1, 0.15) is 11.5 Å². The molecule has 3 aromatic rings. The zero-order valence-electron chi connectivity index (χ0n) is 21.2. The maximum absolute atomic E-state index is 12.7. The van der Waals surface area contributed by atoms with E-state index in [0.29, 0.717) is 24.0 Å². The van der Waals surface area contributed by atoms with Crippen LogP contribution in [0.3, 0.4) is 0 Å². The van der Waals surface area contributed by atoms with Crippen LogP contribution in [-0.2, 0) is 12.8 Å². The third-order valence-corrected chi connectivity index (χ3v) is 5.87. The van der Waals surface area contributed by atoms with E-state index in [1.807, 2.05) is 13.8 Å². The quantitative estimate of drug-likeness (QED) is 0.112. The molecule has 0 saturated heterocycles. The predicted octanol–water partition coefficient (Wildman–Crippen LogP) is 6.63. The highest BCUT2D eigenvalue weighted by Crippen LogP contribution is 2.28. The van der Waals surface area contributed by atoms with Crippen LogP contribution in [-0.4, -0.2) is 21.8 Å². The number of nitrogens with zero attached hydrogens (tertiary/aromatic N) is 2. The highest BCUT2D eigenvalue weighted by molar-refractivity contribution is 5.95. The van der Waals surface area contributed by atoms with Gasteiger partial charge in [-0.05, 0) is 62.1 Å². The second-order valence-corrected chi connectivity index (χ2v) is 8.66. The van der Waals surface area contributed by atoms with Gasteiger partial charge in [-0.3, -0.25) is 20.2 Å². The molecular formula is C28H28N2O8. The Morgan fingerprint density at radius 3 is 1.34 bits per heavy atom. The minimum absolute atomic E-state index is 0.0790. The van der Waals surface area contributed by atoms with Gasteiger partial charge >= 0.3 is 11.9 Å². The molecule has 38 heavy (non-hydrogen) atoms. The second kappa shape index (κ2) is 13.1. The third-order valence-electron chi connectivity index (χ3n) is 5.87. The zero-order valence-corrected chi connectivity index (χ0v) is 21.2. The molecule has 0 atom stereocenters. The van der Waals surface area contributed by atoms with Gasteiger partial charge < -0.3 is 9.47 Å². The van der Waals surface area contributed by atoms with Crippen molar-refractivity contribution < 1.29 is 28.9 Å². The summed E-state index contributed by atoms with van der Waals surface area (Å²) < 4.78 is 11.0. The molecular weight excluding hydrogens is 492 g/mol. The van der Waals surface area contributed by atoms with Crippen molar-refractivity contribution in [1.82, 2.24) is 0 Å². The Balaban J connectivity index is 1.74. The molecule has 0 heterocycles. The standard InChI is InChI=1S/C28H28N2O8/c1-3-5-7-21-17-23(29(33)34)13-15-25(21)37-27(31)19-9-11-20(12-10-19)28(32)38-26-16-14-24(30(35)36)18-22(26)8-6-4-2/h9-18H,3-8H2,1-2H3. The summed E-state index contributed by atoms with van der Waals surface area (Å²) in [5.41, 5.74) is 1.34. The van der Waals surface area contributed by atoms with Crippen LogP contribution < -0.4 is 9.47 Å². The van der Waals surface area contributed by atoms with Gasteiger partial charge in [-0.25, -0.2) is 9.59 Å². The number of ether oxygens (including phenoxy) is 2. The molecule has 0 bridgehead atoms. The number of carbonyl (C=O) groups excluding carboxylic acids is 2. The number of nitro groups is 2. The van der Waals surface area contributed by atoms with Crippen LogP contribution in [0.4, 0.5) is 11.4 Å². The van der Waals surface area contributed by atoms with Crippen LogP contribution in [0.25, 0.3) is 0 Å². The highest BCUT2D eigenvalue weighted by atomic mass is 16.6. The number of hydrogen-bond acceptors (Lipinski definition) is 8. The van der Waals surface area contributed by atoms with E-state index in [2.05, 4.69) is 0 Å². The summed E-state index contributed by atoms with van der Waals surface area (Å²) in [6.45, 7) is 3.98. The van der Waals surface area contributed by atoms with E-state index in [4.69, 9.17) is 9.47 Å². The molecule has 0 fully saturated rings. The van der Waals surface area contributed by atoms with E-state index in [9.17, 15) is 29.8 Å². The van der Waals surface area contributed by atoms with E-state index >= 15 is 0 Å². The van der Waals surface area contributed by atoms with Gasteiger partial charge in [0.15, 0.2) is 0 Å². The Hall–Kier alpha value is -4.60. The number of carbonyl (C=O) groups is 2. The number of hydrogen-bond donors (Lipinski definition) is 0. The predicted molar refractivity (Wildman–Crippen MR) is 140 cm³/mol. The Bertz CT molecular complexity index is 1230. The van der Waals surface area contributed by atoms with Crippen molar-refractivity contribution in [3.05, 3.63) is 103 Å². The molecule has 0 N–H and O–H groups in total. The molecule has 0 aliphatic carbocycles. The van der Waals surface area contributed by atoms with Crippen molar-refractivity contribution in [3.63, 3.8) is 0 Å². The number of esters is 2. The second-order valence-electron chi connectivity index (χ2n) is 8.66. The molecule has 10 nitrogen and oxygen atoms in total. The molecule has 0 aliphatic heterocycles. The number of nitro benzene ring substituents is 2. The molecule has 3 rings (SSSR count).